The van der Waals surface area contributed by atoms with Gasteiger partial charge in [0.1, 0.15) is 0 Å². The van der Waals surface area contributed by atoms with Crippen molar-refractivity contribution in [2.75, 3.05) is 0 Å². The van der Waals surface area contributed by atoms with E-state index >= 15 is 0 Å². The molecule has 2 rings (SSSR count). The summed E-state index contributed by atoms with van der Waals surface area (Å²) in [6.45, 7) is 7.47. The van der Waals surface area contributed by atoms with Crippen LogP contribution in [0.2, 0.25) is 0 Å². The van der Waals surface area contributed by atoms with E-state index in [9.17, 15) is 5.11 Å². The highest BCUT2D eigenvalue weighted by Gasteiger charge is 2.18. The molecule has 1 N–H and O–H groups in total. The molecule has 0 aliphatic carbocycles. The van der Waals surface area contributed by atoms with E-state index in [0.29, 0.717) is 6.54 Å². The van der Waals surface area contributed by atoms with Crippen LogP contribution in [0.3, 0.4) is 0 Å². The first kappa shape index (κ1) is 11.9. The van der Waals surface area contributed by atoms with Gasteiger partial charge in [-0.1, -0.05) is 11.3 Å². The van der Waals surface area contributed by atoms with Gasteiger partial charge in [-0.05, 0) is 20.6 Å². The third-order valence-electron chi connectivity index (χ3n) is 2.29. The number of aliphatic hydroxyl groups is 1. The Hall–Kier alpha value is -1.53. The Balaban J connectivity index is 2.27. The van der Waals surface area contributed by atoms with Gasteiger partial charge in [-0.15, -0.1) is 0 Å². The standard InChI is InChI=1S/C11H14N4OS/c1-11(2,16)8-4-14-15(7-8)10-13-6-9(17-10)5-12-3/h4,6-7,16H,3,5H2,1-2H3. The molecule has 0 radical (unpaired) electrons. The van der Waals surface area contributed by atoms with E-state index in [0.717, 1.165) is 15.6 Å². The van der Waals surface area contributed by atoms with Crippen molar-refractivity contribution in [2.45, 2.75) is 26.0 Å². The molecule has 0 spiro atoms. The Bertz CT molecular complexity index is 524. The Morgan fingerprint density at radius 3 is 2.88 bits per heavy atom. The van der Waals surface area contributed by atoms with Gasteiger partial charge in [0, 0.05) is 22.8 Å². The minimum atomic E-state index is -0.888. The van der Waals surface area contributed by atoms with Crippen LogP contribution in [-0.2, 0) is 12.1 Å². The highest BCUT2D eigenvalue weighted by molar-refractivity contribution is 7.14. The maximum atomic E-state index is 9.85. The molecule has 0 amide bonds. The quantitative estimate of drug-likeness (QED) is 0.841. The fourth-order valence-electron chi connectivity index (χ4n) is 1.33. The Labute approximate surface area is 103 Å². The van der Waals surface area contributed by atoms with Gasteiger partial charge < -0.3 is 5.11 Å². The fraction of sp³-hybridized carbons (Fsp3) is 0.364. The van der Waals surface area contributed by atoms with Gasteiger partial charge >= 0.3 is 0 Å². The third-order valence-corrected chi connectivity index (χ3v) is 3.27. The van der Waals surface area contributed by atoms with E-state index in [1.54, 1.807) is 37.1 Å². The highest BCUT2D eigenvalue weighted by Crippen LogP contribution is 2.22. The van der Waals surface area contributed by atoms with Crippen molar-refractivity contribution in [2.24, 2.45) is 4.99 Å². The first-order valence-corrected chi connectivity index (χ1v) is 5.97. The second-order valence-electron chi connectivity index (χ2n) is 4.22. The van der Waals surface area contributed by atoms with Gasteiger partial charge in [-0.25, -0.2) is 9.67 Å². The summed E-state index contributed by atoms with van der Waals surface area (Å²) in [5.41, 5.74) is -0.128. The van der Waals surface area contributed by atoms with E-state index in [-0.39, 0.29) is 0 Å². The number of thiazole rings is 1. The Morgan fingerprint density at radius 2 is 2.29 bits per heavy atom. The maximum absolute atomic E-state index is 9.85. The zero-order valence-electron chi connectivity index (χ0n) is 9.79. The zero-order valence-corrected chi connectivity index (χ0v) is 10.6. The number of aliphatic imine (C=N–C) groups is 1. The topological polar surface area (TPSA) is 63.3 Å². The summed E-state index contributed by atoms with van der Waals surface area (Å²) in [4.78, 5) is 9.10. The molecule has 0 saturated heterocycles. The molecular weight excluding hydrogens is 236 g/mol. The van der Waals surface area contributed by atoms with Crippen LogP contribution >= 0.6 is 11.3 Å². The Kier molecular flexibility index (Phi) is 3.08. The number of hydrogen-bond donors (Lipinski definition) is 1. The summed E-state index contributed by atoms with van der Waals surface area (Å²) in [5.74, 6) is 0. The normalized spacial score (nSPS) is 11.7. The predicted octanol–water partition coefficient (Wildman–Crippen LogP) is 1.76. The maximum Gasteiger partial charge on any atom is 0.210 e. The van der Waals surface area contributed by atoms with Gasteiger partial charge in [-0.2, -0.15) is 5.10 Å². The van der Waals surface area contributed by atoms with Gasteiger partial charge in [0.15, 0.2) is 0 Å². The summed E-state index contributed by atoms with van der Waals surface area (Å²) in [6.07, 6.45) is 5.19. The predicted molar refractivity (Wildman–Crippen MR) is 67.7 cm³/mol. The summed E-state index contributed by atoms with van der Waals surface area (Å²) >= 11 is 1.51. The molecule has 2 aromatic heterocycles. The first-order valence-electron chi connectivity index (χ1n) is 5.16. The lowest BCUT2D eigenvalue weighted by molar-refractivity contribution is 0.0786. The summed E-state index contributed by atoms with van der Waals surface area (Å²) in [6, 6.07) is 0. The molecule has 0 bridgehead atoms. The summed E-state index contributed by atoms with van der Waals surface area (Å²) in [5, 5.41) is 14.8. The monoisotopic (exact) mass is 250 g/mol. The molecule has 0 aromatic carbocycles. The lowest BCUT2D eigenvalue weighted by atomic mass is 10.0. The van der Waals surface area contributed by atoms with E-state index in [1.807, 2.05) is 0 Å². The smallest absolute Gasteiger partial charge is 0.210 e. The van der Waals surface area contributed by atoms with E-state index in [4.69, 9.17) is 0 Å². The van der Waals surface area contributed by atoms with Crippen molar-refractivity contribution < 1.29 is 5.11 Å². The van der Waals surface area contributed by atoms with Gasteiger partial charge in [0.25, 0.3) is 0 Å². The Morgan fingerprint density at radius 1 is 1.53 bits per heavy atom. The largest absolute Gasteiger partial charge is 0.386 e. The SMILES string of the molecule is C=NCc1cnc(-n2cc(C(C)(C)O)cn2)s1. The summed E-state index contributed by atoms with van der Waals surface area (Å²) < 4.78 is 1.66. The van der Waals surface area contributed by atoms with Crippen LogP contribution in [0.25, 0.3) is 5.13 Å². The van der Waals surface area contributed by atoms with Gasteiger partial charge in [0.05, 0.1) is 18.3 Å². The van der Waals surface area contributed by atoms with Crippen LogP contribution in [-0.4, -0.2) is 26.6 Å². The van der Waals surface area contributed by atoms with E-state index < -0.39 is 5.60 Å². The average molecular weight is 250 g/mol. The second-order valence-corrected chi connectivity index (χ2v) is 5.32. The van der Waals surface area contributed by atoms with Crippen LogP contribution in [0.4, 0.5) is 0 Å². The average Bonchev–Trinajstić information content (AvgIpc) is 2.82. The lowest BCUT2D eigenvalue weighted by Crippen LogP contribution is -2.14. The molecule has 90 valence electrons. The van der Waals surface area contributed by atoms with Gasteiger partial charge in [0.2, 0.25) is 5.13 Å². The highest BCUT2D eigenvalue weighted by atomic mass is 32.1. The van der Waals surface area contributed by atoms with Crippen LogP contribution in [0.15, 0.2) is 23.6 Å². The molecule has 0 fully saturated rings. The van der Waals surface area contributed by atoms with Crippen molar-refractivity contribution in [3.8, 4) is 5.13 Å². The minimum Gasteiger partial charge on any atom is -0.386 e. The molecule has 2 heterocycles. The molecule has 0 aliphatic heterocycles. The number of hydrogen-bond acceptors (Lipinski definition) is 5. The van der Waals surface area contributed by atoms with E-state index in [2.05, 4.69) is 21.8 Å². The molecule has 0 aliphatic rings. The molecular formula is C11H14N4OS. The van der Waals surface area contributed by atoms with Crippen LogP contribution in [0.5, 0.6) is 0 Å². The van der Waals surface area contributed by atoms with Crippen LogP contribution in [0.1, 0.15) is 24.3 Å². The van der Waals surface area contributed by atoms with E-state index in [1.165, 1.54) is 11.3 Å². The lowest BCUT2D eigenvalue weighted by Gasteiger charge is -2.13. The fourth-order valence-corrected chi connectivity index (χ4v) is 2.12. The number of nitrogens with zero attached hydrogens (tertiary/aromatic N) is 4. The molecule has 0 saturated carbocycles. The second kappa shape index (κ2) is 4.38. The molecule has 6 heteroatoms. The van der Waals surface area contributed by atoms with Crippen LogP contribution in [0, 0.1) is 0 Å². The third kappa shape index (κ3) is 2.59. The zero-order chi connectivity index (χ0) is 12.5. The first-order chi connectivity index (χ1) is 8.00. The molecule has 2 aromatic rings. The molecule has 0 unspecified atom stereocenters. The molecule has 17 heavy (non-hydrogen) atoms. The van der Waals surface area contributed by atoms with Gasteiger partial charge in [-0.3, -0.25) is 4.99 Å². The van der Waals surface area contributed by atoms with Crippen molar-refractivity contribution >= 4 is 18.1 Å². The van der Waals surface area contributed by atoms with Crippen molar-refractivity contribution in [1.82, 2.24) is 14.8 Å². The van der Waals surface area contributed by atoms with Crippen molar-refractivity contribution in [3.05, 3.63) is 29.0 Å². The molecule has 5 nitrogen and oxygen atoms in total. The van der Waals surface area contributed by atoms with Crippen molar-refractivity contribution in [3.63, 3.8) is 0 Å². The molecule has 0 atom stereocenters. The number of aromatic nitrogens is 3. The van der Waals surface area contributed by atoms with Crippen molar-refractivity contribution in [1.29, 1.82) is 0 Å². The number of rotatable bonds is 4. The summed E-state index contributed by atoms with van der Waals surface area (Å²) in [7, 11) is 0. The minimum absolute atomic E-state index is 0.567. The van der Waals surface area contributed by atoms with Crippen LogP contribution < -0.4 is 0 Å².